The average molecular weight is 277 g/mol. The van der Waals surface area contributed by atoms with Crippen LogP contribution < -0.4 is 0 Å². The first-order valence-electron chi connectivity index (χ1n) is 5.56. The van der Waals surface area contributed by atoms with E-state index in [1.165, 1.54) is 12.0 Å². The first-order valence-corrected chi connectivity index (χ1v) is 6.35. The van der Waals surface area contributed by atoms with Gasteiger partial charge in [0.1, 0.15) is 0 Å². The van der Waals surface area contributed by atoms with E-state index >= 15 is 0 Å². The SMILES string of the molecule is Brc1ccc([C@H]2C[C@@H]2Cn2cccn2)cc1. The summed E-state index contributed by atoms with van der Waals surface area (Å²) in [5.41, 5.74) is 1.46. The van der Waals surface area contributed by atoms with Crippen molar-refractivity contribution >= 4 is 15.9 Å². The Bertz CT molecular complexity index is 461. The standard InChI is InChI=1S/C13H13BrN2/c14-12-4-2-10(3-5-12)13-8-11(13)9-16-7-1-6-15-16/h1-7,11,13H,8-9H2/t11-,13-/m1/s1. The summed E-state index contributed by atoms with van der Waals surface area (Å²) < 4.78 is 3.18. The van der Waals surface area contributed by atoms with Crippen molar-refractivity contribution < 1.29 is 0 Å². The fourth-order valence-corrected chi connectivity index (χ4v) is 2.48. The van der Waals surface area contributed by atoms with E-state index in [0.29, 0.717) is 0 Å². The number of benzene rings is 1. The van der Waals surface area contributed by atoms with Gasteiger partial charge in [-0.1, -0.05) is 28.1 Å². The molecule has 16 heavy (non-hydrogen) atoms. The zero-order valence-corrected chi connectivity index (χ0v) is 10.5. The molecule has 1 aliphatic carbocycles. The molecular formula is C13H13BrN2. The maximum Gasteiger partial charge on any atom is 0.0489 e. The molecule has 0 amide bonds. The van der Waals surface area contributed by atoms with Gasteiger partial charge in [-0.25, -0.2) is 0 Å². The molecule has 1 fully saturated rings. The lowest BCUT2D eigenvalue weighted by atomic mass is 10.1. The van der Waals surface area contributed by atoms with Crippen LogP contribution in [0, 0.1) is 5.92 Å². The topological polar surface area (TPSA) is 17.8 Å². The zero-order chi connectivity index (χ0) is 11.0. The monoisotopic (exact) mass is 276 g/mol. The maximum atomic E-state index is 4.25. The van der Waals surface area contributed by atoms with Crippen LogP contribution in [0.1, 0.15) is 17.9 Å². The van der Waals surface area contributed by atoms with Crippen molar-refractivity contribution in [1.29, 1.82) is 0 Å². The number of hydrogen-bond acceptors (Lipinski definition) is 1. The van der Waals surface area contributed by atoms with E-state index in [1.807, 2.05) is 23.1 Å². The molecule has 1 aromatic carbocycles. The highest BCUT2D eigenvalue weighted by atomic mass is 79.9. The third-order valence-corrected chi connectivity index (χ3v) is 3.73. The Morgan fingerprint density at radius 1 is 1.31 bits per heavy atom. The molecule has 1 saturated carbocycles. The number of hydrogen-bond donors (Lipinski definition) is 0. The van der Waals surface area contributed by atoms with Gasteiger partial charge in [0, 0.05) is 23.4 Å². The van der Waals surface area contributed by atoms with Crippen molar-refractivity contribution in [2.24, 2.45) is 5.92 Å². The molecule has 1 aliphatic rings. The van der Waals surface area contributed by atoms with Crippen LogP contribution in [0.15, 0.2) is 47.2 Å². The third-order valence-electron chi connectivity index (χ3n) is 3.20. The van der Waals surface area contributed by atoms with Crippen molar-refractivity contribution in [2.75, 3.05) is 0 Å². The van der Waals surface area contributed by atoms with Gasteiger partial charge in [0.15, 0.2) is 0 Å². The van der Waals surface area contributed by atoms with Gasteiger partial charge in [-0.3, -0.25) is 4.68 Å². The van der Waals surface area contributed by atoms with Crippen LogP contribution in [0.3, 0.4) is 0 Å². The lowest BCUT2D eigenvalue weighted by Gasteiger charge is -2.01. The van der Waals surface area contributed by atoms with Crippen LogP contribution in [-0.4, -0.2) is 9.78 Å². The highest BCUT2D eigenvalue weighted by Crippen LogP contribution is 2.48. The normalized spacial score (nSPS) is 23.3. The van der Waals surface area contributed by atoms with Gasteiger partial charge in [0.2, 0.25) is 0 Å². The summed E-state index contributed by atoms with van der Waals surface area (Å²) in [6.45, 7) is 1.05. The summed E-state index contributed by atoms with van der Waals surface area (Å²) in [6.07, 6.45) is 5.18. The van der Waals surface area contributed by atoms with E-state index in [2.05, 4.69) is 45.3 Å². The zero-order valence-electron chi connectivity index (χ0n) is 8.88. The minimum atomic E-state index is 0.734. The lowest BCUT2D eigenvalue weighted by molar-refractivity contribution is 0.553. The fraction of sp³-hybridized carbons (Fsp3) is 0.308. The van der Waals surface area contributed by atoms with Crippen molar-refractivity contribution in [1.82, 2.24) is 9.78 Å². The Morgan fingerprint density at radius 3 is 2.81 bits per heavy atom. The van der Waals surface area contributed by atoms with Crippen molar-refractivity contribution in [2.45, 2.75) is 18.9 Å². The second kappa shape index (κ2) is 4.06. The van der Waals surface area contributed by atoms with E-state index in [-0.39, 0.29) is 0 Å². The quantitative estimate of drug-likeness (QED) is 0.840. The van der Waals surface area contributed by atoms with Gasteiger partial charge in [-0.2, -0.15) is 5.10 Å². The van der Waals surface area contributed by atoms with Gasteiger partial charge >= 0.3 is 0 Å². The van der Waals surface area contributed by atoms with Crippen LogP contribution in [0.4, 0.5) is 0 Å². The second-order valence-corrected chi connectivity index (χ2v) is 5.30. The molecule has 0 N–H and O–H groups in total. The molecule has 3 rings (SSSR count). The molecular weight excluding hydrogens is 264 g/mol. The van der Waals surface area contributed by atoms with E-state index in [9.17, 15) is 0 Å². The molecule has 0 bridgehead atoms. The Hall–Kier alpha value is -1.09. The number of nitrogens with zero attached hydrogens (tertiary/aromatic N) is 2. The molecule has 2 atom stereocenters. The largest absolute Gasteiger partial charge is 0.272 e. The summed E-state index contributed by atoms with van der Waals surface area (Å²) in [5, 5.41) is 4.25. The molecule has 1 heterocycles. The van der Waals surface area contributed by atoms with Crippen molar-refractivity contribution in [3.05, 3.63) is 52.8 Å². The molecule has 0 spiro atoms. The minimum absolute atomic E-state index is 0.734. The molecule has 0 unspecified atom stereocenters. The third kappa shape index (κ3) is 2.05. The summed E-state index contributed by atoms with van der Waals surface area (Å²) in [5.74, 6) is 1.50. The van der Waals surface area contributed by atoms with Gasteiger partial charge in [0.05, 0.1) is 0 Å². The van der Waals surface area contributed by atoms with Gasteiger partial charge < -0.3 is 0 Å². The van der Waals surface area contributed by atoms with Gasteiger partial charge in [-0.15, -0.1) is 0 Å². The predicted molar refractivity (Wildman–Crippen MR) is 67.2 cm³/mol. The predicted octanol–water partition coefficient (Wildman–Crippen LogP) is 3.45. The van der Waals surface area contributed by atoms with Crippen LogP contribution in [0.5, 0.6) is 0 Å². The van der Waals surface area contributed by atoms with Crippen molar-refractivity contribution in [3.8, 4) is 0 Å². The lowest BCUT2D eigenvalue weighted by Crippen LogP contribution is -2.00. The summed E-state index contributed by atoms with van der Waals surface area (Å²) in [6, 6.07) is 10.7. The first-order chi connectivity index (χ1) is 7.83. The first kappa shape index (κ1) is 10.1. The molecule has 3 heteroatoms. The van der Waals surface area contributed by atoms with Crippen LogP contribution >= 0.6 is 15.9 Å². The van der Waals surface area contributed by atoms with Gasteiger partial charge in [-0.05, 0) is 42.0 Å². The van der Waals surface area contributed by atoms with E-state index in [4.69, 9.17) is 0 Å². The summed E-state index contributed by atoms with van der Waals surface area (Å²) >= 11 is 3.46. The minimum Gasteiger partial charge on any atom is -0.272 e. The second-order valence-electron chi connectivity index (χ2n) is 4.38. The smallest absolute Gasteiger partial charge is 0.0489 e. The maximum absolute atomic E-state index is 4.25. The highest BCUT2D eigenvalue weighted by molar-refractivity contribution is 9.10. The Labute approximate surface area is 103 Å². The molecule has 82 valence electrons. The summed E-state index contributed by atoms with van der Waals surface area (Å²) in [7, 11) is 0. The van der Waals surface area contributed by atoms with E-state index in [1.54, 1.807) is 0 Å². The molecule has 0 aliphatic heterocycles. The van der Waals surface area contributed by atoms with Crippen molar-refractivity contribution in [3.63, 3.8) is 0 Å². The number of aromatic nitrogens is 2. The van der Waals surface area contributed by atoms with Crippen LogP contribution in [0.25, 0.3) is 0 Å². The van der Waals surface area contributed by atoms with E-state index in [0.717, 1.165) is 22.9 Å². The van der Waals surface area contributed by atoms with E-state index < -0.39 is 0 Å². The molecule has 2 aromatic rings. The Kier molecular flexibility index (Phi) is 2.56. The fourth-order valence-electron chi connectivity index (χ4n) is 2.22. The molecule has 2 nitrogen and oxygen atoms in total. The molecule has 0 saturated heterocycles. The molecule has 0 radical (unpaired) electrons. The van der Waals surface area contributed by atoms with Crippen LogP contribution in [0.2, 0.25) is 0 Å². The highest BCUT2D eigenvalue weighted by Gasteiger charge is 2.38. The summed E-state index contributed by atoms with van der Waals surface area (Å²) in [4.78, 5) is 0. The van der Waals surface area contributed by atoms with Crippen LogP contribution in [-0.2, 0) is 6.54 Å². The van der Waals surface area contributed by atoms with Gasteiger partial charge in [0.25, 0.3) is 0 Å². The average Bonchev–Trinajstić information content (AvgIpc) is 2.85. The molecule has 1 aromatic heterocycles. The Morgan fingerprint density at radius 2 is 2.12 bits per heavy atom. The number of halogens is 1. The Balaban J connectivity index is 1.65. The number of rotatable bonds is 3.